The van der Waals surface area contributed by atoms with E-state index < -0.39 is 30.3 Å². The molecule has 1 heterocycles. The summed E-state index contributed by atoms with van der Waals surface area (Å²) < 4.78 is 40.6. The molecule has 0 unspecified atom stereocenters. The minimum Gasteiger partial charge on any atom is -0.406 e. The van der Waals surface area contributed by atoms with Crippen molar-refractivity contribution >= 4 is 12.3 Å². The molecule has 3 rings (SSSR count). The lowest BCUT2D eigenvalue weighted by atomic mass is 10.2. The molecule has 10 heteroatoms. The molecule has 1 N–H and O–H groups in total. The number of rotatable bonds is 7. The molecule has 1 saturated heterocycles. The quantitative estimate of drug-likeness (QED) is 0.546. The Morgan fingerprint density at radius 3 is 2.43 bits per heavy atom. The molecule has 0 spiro atoms. The number of amides is 2. The van der Waals surface area contributed by atoms with E-state index in [9.17, 15) is 27.9 Å². The van der Waals surface area contributed by atoms with Gasteiger partial charge in [-0.25, -0.2) is 0 Å². The number of carbonyl (C=O) groups is 2. The van der Waals surface area contributed by atoms with E-state index in [4.69, 9.17) is 4.84 Å². The smallest absolute Gasteiger partial charge is 0.406 e. The second-order valence-electron chi connectivity index (χ2n) is 6.56. The molecule has 0 aliphatic carbocycles. The number of carbonyl (C=O) groups excluding carboxylic acids is 2. The number of likely N-dealkylation sites (tertiary alicyclic amines) is 1. The van der Waals surface area contributed by atoms with Crippen molar-refractivity contribution in [1.29, 1.82) is 0 Å². The Morgan fingerprint density at radius 2 is 1.83 bits per heavy atom. The number of halogens is 3. The van der Waals surface area contributed by atoms with Crippen molar-refractivity contribution in [2.45, 2.75) is 31.7 Å². The number of aliphatic hydroxyl groups is 1. The number of ether oxygens (including phenoxy) is 1. The Labute approximate surface area is 170 Å². The minimum absolute atomic E-state index is 0.0499. The summed E-state index contributed by atoms with van der Waals surface area (Å²) in [6.45, 7) is 0.193. The first kappa shape index (κ1) is 21.6. The van der Waals surface area contributed by atoms with Gasteiger partial charge in [0.05, 0.1) is 6.10 Å². The van der Waals surface area contributed by atoms with Crippen LogP contribution >= 0.6 is 0 Å². The van der Waals surface area contributed by atoms with E-state index in [1.165, 1.54) is 17.0 Å². The molecule has 2 aromatic rings. The topological polar surface area (TPSA) is 79.3 Å². The third kappa shape index (κ3) is 5.28. The molecule has 7 nitrogen and oxygen atoms in total. The van der Waals surface area contributed by atoms with Crippen molar-refractivity contribution < 1.29 is 37.4 Å². The maximum Gasteiger partial charge on any atom is 0.573 e. The first-order chi connectivity index (χ1) is 14.3. The molecular weight excluding hydrogens is 405 g/mol. The molecule has 160 valence electrons. The Bertz CT molecular complexity index is 861. The molecule has 0 bridgehead atoms. The molecular formula is C20H19F3N2O5. The number of nitrogens with zero attached hydrogens (tertiary/aromatic N) is 2. The summed E-state index contributed by atoms with van der Waals surface area (Å²) >= 11 is 0. The van der Waals surface area contributed by atoms with Crippen LogP contribution in [-0.4, -0.2) is 52.6 Å². The zero-order chi connectivity index (χ0) is 21.7. The zero-order valence-electron chi connectivity index (χ0n) is 15.7. The predicted octanol–water partition coefficient (Wildman–Crippen LogP) is 2.71. The monoisotopic (exact) mass is 424 g/mol. The fraction of sp³-hybridized carbons (Fsp3) is 0.300. The van der Waals surface area contributed by atoms with Crippen LogP contribution in [0.5, 0.6) is 5.75 Å². The lowest BCUT2D eigenvalue weighted by Crippen LogP contribution is -2.51. The first-order valence-corrected chi connectivity index (χ1v) is 9.04. The normalized spacial score (nSPS) is 18.9. The van der Waals surface area contributed by atoms with Crippen LogP contribution in [-0.2, 0) is 16.2 Å². The van der Waals surface area contributed by atoms with E-state index in [1.54, 1.807) is 24.3 Å². The van der Waals surface area contributed by atoms with Gasteiger partial charge in [0, 0.05) is 12.1 Å². The van der Waals surface area contributed by atoms with Crippen LogP contribution in [0.15, 0.2) is 54.6 Å². The van der Waals surface area contributed by atoms with Crippen molar-refractivity contribution in [2.75, 3.05) is 6.54 Å². The van der Waals surface area contributed by atoms with E-state index in [0.29, 0.717) is 6.41 Å². The van der Waals surface area contributed by atoms with E-state index >= 15 is 0 Å². The van der Waals surface area contributed by atoms with Gasteiger partial charge in [-0.2, -0.15) is 5.06 Å². The summed E-state index contributed by atoms with van der Waals surface area (Å²) in [5.41, 5.74) is 0.868. The van der Waals surface area contributed by atoms with Gasteiger partial charge in [-0.3, -0.25) is 14.4 Å². The van der Waals surface area contributed by atoms with Crippen molar-refractivity contribution in [3.8, 4) is 5.75 Å². The van der Waals surface area contributed by atoms with Gasteiger partial charge < -0.3 is 14.7 Å². The molecule has 1 aliphatic heterocycles. The largest absolute Gasteiger partial charge is 0.573 e. The van der Waals surface area contributed by atoms with Crippen LogP contribution in [0, 0.1) is 0 Å². The maximum absolute atomic E-state index is 12.8. The highest BCUT2D eigenvalue weighted by Gasteiger charge is 2.41. The van der Waals surface area contributed by atoms with Crippen molar-refractivity contribution in [1.82, 2.24) is 9.96 Å². The molecule has 30 heavy (non-hydrogen) atoms. The lowest BCUT2D eigenvalue weighted by molar-refractivity contribution is -0.274. The Hall–Kier alpha value is -3.11. The maximum atomic E-state index is 12.8. The highest BCUT2D eigenvalue weighted by atomic mass is 19.4. The molecule has 2 amide bonds. The number of hydrogen-bond acceptors (Lipinski definition) is 5. The van der Waals surface area contributed by atoms with E-state index in [2.05, 4.69) is 4.74 Å². The second kappa shape index (κ2) is 9.14. The van der Waals surface area contributed by atoms with Crippen LogP contribution in [0.1, 0.15) is 22.3 Å². The Morgan fingerprint density at radius 1 is 1.17 bits per heavy atom. The van der Waals surface area contributed by atoms with Gasteiger partial charge in [-0.15, -0.1) is 13.2 Å². The van der Waals surface area contributed by atoms with Crippen molar-refractivity contribution in [3.05, 3.63) is 65.7 Å². The summed E-state index contributed by atoms with van der Waals surface area (Å²) in [6.07, 6.45) is -6.35. The molecule has 0 radical (unpaired) electrons. The summed E-state index contributed by atoms with van der Waals surface area (Å²) in [7, 11) is 0. The number of aliphatic hydroxyl groups excluding tert-OH is 1. The van der Waals surface area contributed by atoms with Gasteiger partial charge in [0.25, 0.3) is 5.91 Å². The average molecular weight is 424 g/mol. The van der Waals surface area contributed by atoms with Gasteiger partial charge in [0.1, 0.15) is 12.4 Å². The average Bonchev–Trinajstić information content (AvgIpc) is 3.10. The fourth-order valence-corrected chi connectivity index (χ4v) is 3.15. The van der Waals surface area contributed by atoms with Crippen LogP contribution in [0.3, 0.4) is 0 Å². The highest BCUT2D eigenvalue weighted by Crippen LogP contribution is 2.26. The standard InChI is InChI=1S/C20H19F3N2O5/c21-20(22,23)30-16-8-6-15(7-9-16)19(28)24-11-10-17(27)18(24)25(13-26)29-12-14-4-2-1-3-5-14/h1-9,13,17-18,27H,10-12H2/t17-,18-/m1/s1. The first-order valence-electron chi connectivity index (χ1n) is 9.04. The summed E-state index contributed by atoms with van der Waals surface area (Å²) in [4.78, 5) is 31.1. The second-order valence-corrected chi connectivity index (χ2v) is 6.56. The molecule has 2 atom stereocenters. The molecule has 1 fully saturated rings. The van der Waals surface area contributed by atoms with Crippen molar-refractivity contribution in [2.24, 2.45) is 0 Å². The predicted molar refractivity (Wildman–Crippen MR) is 97.7 cm³/mol. The van der Waals surface area contributed by atoms with Gasteiger partial charge in [0.15, 0.2) is 6.17 Å². The minimum atomic E-state index is -4.84. The number of alkyl halides is 3. The van der Waals surface area contributed by atoms with Crippen LogP contribution in [0.4, 0.5) is 13.2 Å². The van der Waals surface area contributed by atoms with E-state index in [1.807, 2.05) is 6.07 Å². The van der Waals surface area contributed by atoms with Crippen LogP contribution < -0.4 is 4.74 Å². The Balaban J connectivity index is 1.71. The lowest BCUT2D eigenvalue weighted by Gasteiger charge is -2.33. The summed E-state index contributed by atoms with van der Waals surface area (Å²) in [5.74, 6) is -1.02. The third-order valence-electron chi connectivity index (χ3n) is 4.51. The number of hydroxylamine groups is 2. The third-order valence-corrected chi connectivity index (χ3v) is 4.51. The van der Waals surface area contributed by atoms with Gasteiger partial charge in [-0.05, 0) is 36.2 Å². The SMILES string of the molecule is O=CN(OCc1ccccc1)[C@@H]1[C@H](O)CCN1C(=O)c1ccc(OC(F)(F)F)cc1. The number of benzene rings is 2. The van der Waals surface area contributed by atoms with Crippen LogP contribution in [0.2, 0.25) is 0 Å². The molecule has 2 aromatic carbocycles. The summed E-state index contributed by atoms with van der Waals surface area (Å²) in [5, 5.41) is 11.2. The molecule has 0 aromatic heterocycles. The molecule has 1 aliphatic rings. The van der Waals surface area contributed by atoms with Gasteiger partial charge in [0.2, 0.25) is 6.41 Å². The summed E-state index contributed by atoms with van der Waals surface area (Å²) in [6, 6.07) is 13.4. The Kier molecular flexibility index (Phi) is 6.58. The van der Waals surface area contributed by atoms with E-state index in [0.717, 1.165) is 22.8 Å². The van der Waals surface area contributed by atoms with Gasteiger partial charge in [-0.1, -0.05) is 30.3 Å². The van der Waals surface area contributed by atoms with Gasteiger partial charge >= 0.3 is 6.36 Å². The van der Waals surface area contributed by atoms with Crippen molar-refractivity contribution in [3.63, 3.8) is 0 Å². The highest BCUT2D eigenvalue weighted by molar-refractivity contribution is 5.94. The number of hydrogen-bond donors (Lipinski definition) is 1. The fourth-order valence-electron chi connectivity index (χ4n) is 3.15. The van der Waals surface area contributed by atoms with E-state index in [-0.39, 0.29) is 25.1 Å². The molecule has 0 saturated carbocycles. The zero-order valence-corrected chi connectivity index (χ0v) is 15.7. The van der Waals surface area contributed by atoms with Crippen LogP contribution in [0.25, 0.3) is 0 Å².